The Morgan fingerprint density at radius 2 is 2.24 bits per heavy atom. The predicted molar refractivity (Wildman–Crippen MR) is 65.5 cm³/mol. The number of H-pyrrole nitrogens is 1. The van der Waals surface area contributed by atoms with Crippen molar-refractivity contribution in [2.45, 2.75) is 13.0 Å². The van der Waals surface area contributed by atoms with Gasteiger partial charge in [0.15, 0.2) is 0 Å². The van der Waals surface area contributed by atoms with Crippen LogP contribution in [0, 0.1) is 10.1 Å². The highest BCUT2D eigenvalue weighted by Gasteiger charge is 2.21. The average Bonchev–Trinajstić information content (AvgIpc) is 2.69. The van der Waals surface area contributed by atoms with Crippen LogP contribution in [0.5, 0.6) is 0 Å². The molecule has 0 radical (unpaired) electrons. The van der Waals surface area contributed by atoms with Crippen LogP contribution >= 0.6 is 0 Å². The number of nitrogens with zero attached hydrogens (tertiary/aromatic N) is 1. The maximum absolute atomic E-state index is 11.0. The lowest BCUT2D eigenvalue weighted by Crippen LogP contribution is -2.15. The number of aromatic amines is 1. The molecule has 1 aromatic heterocycles. The molecule has 2 N–H and O–H groups in total. The third-order valence-corrected chi connectivity index (χ3v) is 3.11. The Hall–Kier alpha value is -2.30. The number of aromatic nitrogens is 1. The molecule has 1 aromatic carbocycles. The van der Waals surface area contributed by atoms with E-state index in [2.05, 4.69) is 10.3 Å². The molecule has 2 aromatic rings. The Kier molecular flexibility index (Phi) is 1.95. The van der Waals surface area contributed by atoms with E-state index in [4.69, 9.17) is 0 Å². The number of nitro groups is 1. The molecule has 1 aliphatic heterocycles. The monoisotopic (exact) mass is 229 g/mol. The normalized spacial score (nSPS) is 17.8. The molecule has 5 heteroatoms. The Bertz CT molecular complexity index is 642. The topological polar surface area (TPSA) is 71.0 Å². The van der Waals surface area contributed by atoms with Crippen molar-refractivity contribution in [2.24, 2.45) is 0 Å². The van der Waals surface area contributed by atoms with Gasteiger partial charge in [-0.2, -0.15) is 0 Å². The Labute approximate surface area is 97.3 Å². The van der Waals surface area contributed by atoms with E-state index in [1.54, 1.807) is 6.07 Å². The number of non-ortho nitro benzene ring substituents is 1. The highest BCUT2D eigenvalue weighted by molar-refractivity contribution is 5.96. The number of nitrogens with one attached hydrogen (secondary N) is 2. The van der Waals surface area contributed by atoms with E-state index in [1.807, 2.05) is 25.3 Å². The van der Waals surface area contributed by atoms with E-state index < -0.39 is 0 Å². The Balaban J connectivity index is 2.38. The number of hydrogen-bond donors (Lipinski definition) is 2. The SMILES string of the molecule is CC1NC=Cc2c1[nH]c1c([N+](=O)[O-])cccc21. The molecule has 0 saturated heterocycles. The second-order valence-corrected chi connectivity index (χ2v) is 4.13. The molecule has 0 bridgehead atoms. The number of para-hydroxylation sites is 1. The van der Waals surface area contributed by atoms with Gasteiger partial charge in [0.05, 0.1) is 11.0 Å². The summed E-state index contributed by atoms with van der Waals surface area (Å²) in [5.41, 5.74) is 2.76. The summed E-state index contributed by atoms with van der Waals surface area (Å²) in [6.07, 6.45) is 3.82. The van der Waals surface area contributed by atoms with Gasteiger partial charge in [0.1, 0.15) is 5.52 Å². The maximum Gasteiger partial charge on any atom is 0.293 e. The standard InChI is InChI=1S/C12H11N3O2/c1-7-11-9(5-6-13-7)8-3-2-4-10(15(16)17)12(8)14-11/h2-7,13-14H,1H3. The summed E-state index contributed by atoms with van der Waals surface area (Å²) in [4.78, 5) is 13.8. The minimum atomic E-state index is -0.355. The number of rotatable bonds is 1. The van der Waals surface area contributed by atoms with E-state index in [9.17, 15) is 10.1 Å². The fraction of sp³-hybridized carbons (Fsp3) is 0.167. The Morgan fingerprint density at radius 3 is 3.00 bits per heavy atom. The lowest BCUT2D eigenvalue weighted by atomic mass is 10.0. The molecule has 1 aliphatic rings. The van der Waals surface area contributed by atoms with Gasteiger partial charge in [-0.25, -0.2) is 0 Å². The van der Waals surface area contributed by atoms with Crippen molar-refractivity contribution in [3.05, 3.63) is 45.8 Å². The Morgan fingerprint density at radius 1 is 1.41 bits per heavy atom. The molecule has 0 saturated carbocycles. The molecule has 86 valence electrons. The average molecular weight is 229 g/mol. The van der Waals surface area contributed by atoms with Gasteiger partial charge in [0.2, 0.25) is 0 Å². The van der Waals surface area contributed by atoms with Crippen LogP contribution in [0.1, 0.15) is 24.2 Å². The predicted octanol–water partition coefficient (Wildman–Crippen LogP) is 2.71. The van der Waals surface area contributed by atoms with Gasteiger partial charge < -0.3 is 10.3 Å². The van der Waals surface area contributed by atoms with Gasteiger partial charge in [-0.3, -0.25) is 10.1 Å². The number of hydrogen-bond acceptors (Lipinski definition) is 3. The van der Waals surface area contributed by atoms with Crippen LogP contribution in [-0.2, 0) is 0 Å². The number of fused-ring (bicyclic) bond motifs is 3. The van der Waals surface area contributed by atoms with Gasteiger partial charge in [0, 0.05) is 22.7 Å². The smallest absolute Gasteiger partial charge is 0.293 e. The maximum atomic E-state index is 11.0. The molecular weight excluding hydrogens is 218 g/mol. The van der Waals surface area contributed by atoms with Gasteiger partial charge in [-0.15, -0.1) is 0 Å². The van der Waals surface area contributed by atoms with Crippen molar-refractivity contribution in [3.8, 4) is 0 Å². The second-order valence-electron chi connectivity index (χ2n) is 4.13. The van der Waals surface area contributed by atoms with E-state index in [-0.39, 0.29) is 16.7 Å². The quantitative estimate of drug-likeness (QED) is 0.583. The summed E-state index contributed by atoms with van der Waals surface area (Å²) in [5.74, 6) is 0. The fourth-order valence-electron chi connectivity index (χ4n) is 2.28. The zero-order chi connectivity index (χ0) is 12.0. The van der Waals surface area contributed by atoms with Crippen LogP contribution < -0.4 is 5.32 Å². The first kappa shape index (κ1) is 9.89. The second kappa shape index (κ2) is 3.35. The molecule has 3 rings (SSSR count). The number of nitro benzene ring substituents is 1. The molecule has 1 atom stereocenters. The molecule has 2 heterocycles. The lowest BCUT2D eigenvalue weighted by Gasteiger charge is -2.15. The number of benzene rings is 1. The molecule has 0 amide bonds. The van der Waals surface area contributed by atoms with Gasteiger partial charge in [-0.05, 0) is 19.2 Å². The zero-order valence-corrected chi connectivity index (χ0v) is 9.23. The van der Waals surface area contributed by atoms with Crippen LogP contribution in [0.4, 0.5) is 5.69 Å². The molecule has 0 fully saturated rings. The third-order valence-electron chi connectivity index (χ3n) is 3.11. The summed E-state index contributed by atoms with van der Waals surface area (Å²) in [5, 5.41) is 15.0. The van der Waals surface area contributed by atoms with Crippen molar-refractivity contribution in [2.75, 3.05) is 0 Å². The minimum absolute atomic E-state index is 0.123. The summed E-state index contributed by atoms with van der Waals surface area (Å²) >= 11 is 0. The van der Waals surface area contributed by atoms with Crippen LogP contribution in [0.15, 0.2) is 24.4 Å². The van der Waals surface area contributed by atoms with Gasteiger partial charge in [-0.1, -0.05) is 12.1 Å². The van der Waals surface area contributed by atoms with Gasteiger partial charge in [0.25, 0.3) is 5.69 Å². The first-order valence-electron chi connectivity index (χ1n) is 5.40. The third kappa shape index (κ3) is 1.32. The van der Waals surface area contributed by atoms with E-state index in [0.29, 0.717) is 5.52 Å². The summed E-state index contributed by atoms with van der Waals surface area (Å²) in [6, 6.07) is 5.28. The van der Waals surface area contributed by atoms with Crippen LogP contribution in [-0.4, -0.2) is 9.91 Å². The van der Waals surface area contributed by atoms with Crippen LogP contribution in [0.25, 0.3) is 17.0 Å². The van der Waals surface area contributed by atoms with E-state index >= 15 is 0 Å². The molecule has 1 unspecified atom stereocenters. The summed E-state index contributed by atoms with van der Waals surface area (Å²) in [6.45, 7) is 2.02. The van der Waals surface area contributed by atoms with E-state index in [1.165, 1.54) is 6.07 Å². The highest BCUT2D eigenvalue weighted by Crippen LogP contribution is 2.34. The zero-order valence-electron chi connectivity index (χ0n) is 9.23. The summed E-state index contributed by atoms with van der Waals surface area (Å²) in [7, 11) is 0. The molecule has 0 aliphatic carbocycles. The summed E-state index contributed by atoms with van der Waals surface area (Å²) < 4.78 is 0. The first-order valence-corrected chi connectivity index (χ1v) is 5.40. The molecule has 17 heavy (non-hydrogen) atoms. The van der Waals surface area contributed by atoms with Crippen molar-refractivity contribution < 1.29 is 4.92 Å². The van der Waals surface area contributed by atoms with Crippen LogP contribution in [0.3, 0.4) is 0 Å². The minimum Gasteiger partial charge on any atom is -0.383 e. The van der Waals surface area contributed by atoms with Crippen molar-refractivity contribution >= 4 is 22.7 Å². The molecule has 5 nitrogen and oxygen atoms in total. The largest absolute Gasteiger partial charge is 0.383 e. The van der Waals surface area contributed by atoms with Crippen molar-refractivity contribution in [1.82, 2.24) is 10.3 Å². The van der Waals surface area contributed by atoms with Gasteiger partial charge >= 0.3 is 0 Å². The fourth-order valence-corrected chi connectivity index (χ4v) is 2.28. The van der Waals surface area contributed by atoms with E-state index in [0.717, 1.165) is 16.6 Å². The first-order chi connectivity index (χ1) is 8.18. The van der Waals surface area contributed by atoms with Crippen molar-refractivity contribution in [3.63, 3.8) is 0 Å². The highest BCUT2D eigenvalue weighted by atomic mass is 16.6. The van der Waals surface area contributed by atoms with Crippen molar-refractivity contribution in [1.29, 1.82) is 0 Å². The molecular formula is C12H11N3O2. The molecule has 0 spiro atoms. The lowest BCUT2D eigenvalue weighted by molar-refractivity contribution is -0.383. The van der Waals surface area contributed by atoms with Crippen LogP contribution in [0.2, 0.25) is 0 Å².